The molecule has 5 nitrogen and oxygen atoms in total. The highest BCUT2D eigenvalue weighted by molar-refractivity contribution is 6.06. The van der Waals surface area contributed by atoms with Crippen LogP contribution in [-0.2, 0) is 0 Å². The molecule has 7 heteroatoms. The number of nitrogens with one attached hydrogen (secondary N) is 2. The first-order valence-corrected chi connectivity index (χ1v) is 8.87. The lowest BCUT2D eigenvalue weighted by Crippen LogP contribution is -2.19. The Labute approximate surface area is 166 Å². The van der Waals surface area contributed by atoms with Crippen LogP contribution in [0.25, 0.3) is 0 Å². The highest BCUT2D eigenvalue weighted by Gasteiger charge is 2.16. The van der Waals surface area contributed by atoms with E-state index >= 15 is 0 Å². The van der Waals surface area contributed by atoms with Crippen molar-refractivity contribution in [3.63, 3.8) is 0 Å². The summed E-state index contributed by atoms with van der Waals surface area (Å²) in [6.45, 7) is 5.76. The second kappa shape index (κ2) is 8.18. The Hall–Kier alpha value is -3.61. The third-order valence-electron chi connectivity index (χ3n) is 4.31. The van der Waals surface area contributed by atoms with Crippen molar-refractivity contribution in [3.8, 4) is 0 Å². The number of aromatic nitrogens is 1. The van der Waals surface area contributed by atoms with Gasteiger partial charge in [0.15, 0.2) is 0 Å². The Bertz CT molecular complexity index is 1090. The number of hydrogen-bond acceptors (Lipinski definition) is 3. The fourth-order valence-electron chi connectivity index (χ4n) is 3.02. The zero-order valence-corrected chi connectivity index (χ0v) is 16.1. The zero-order valence-electron chi connectivity index (χ0n) is 16.1. The first-order chi connectivity index (χ1) is 13.7. The molecular formula is C22H19F2N3O2. The molecule has 2 amide bonds. The van der Waals surface area contributed by atoms with Crippen molar-refractivity contribution < 1.29 is 18.4 Å². The van der Waals surface area contributed by atoms with Gasteiger partial charge in [-0.15, -0.1) is 0 Å². The van der Waals surface area contributed by atoms with Crippen molar-refractivity contribution in [2.75, 3.05) is 10.6 Å². The van der Waals surface area contributed by atoms with Crippen molar-refractivity contribution in [2.45, 2.75) is 20.8 Å². The van der Waals surface area contributed by atoms with Gasteiger partial charge in [0.1, 0.15) is 23.0 Å². The predicted octanol–water partition coefficient (Wildman–Crippen LogP) is 4.79. The van der Waals surface area contributed by atoms with Gasteiger partial charge in [0, 0.05) is 11.8 Å². The number of pyridine rings is 1. The number of carbonyl (C=O) groups excluding carboxylic acids is 2. The normalized spacial score (nSPS) is 10.5. The molecule has 2 aromatic carbocycles. The summed E-state index contributed by atoms with van der Waals surface area (Å²) in [6.07, 6.45) is 0. The van der Waals surface area contributed by atoms with E-state index in [-0.39, 0.29) is 17.1 Å². The smallest absolute Gasteiger partial charge is 0.274 e. The van der Waals surface area contributed by atoms with E-state index in [1.165, 1.54) is 18.2 Å². The van der Waals surface area contributed by atoms with Gasteiger partial charge in [-0.2, -0.15) is 0 Å². The number of rotatable bonds is 4. The summed E-state index contributed by atoms with van der Waals surface area (Å²) in [5.41, 5.74) is 3.39. The van der Waals surface area contributed by atoms with E-state index in [0.717, 1.165) is 28.8 Å². The van der Waals surface area contributed by atoms with Gasteiger partial charge >= 0.3 is 0 Å². The van der Waals surface area contributed by atoms with E-state index in [1.807, 2.05) is 32.9 Å². The molecule has 0 radical (unpaired) electrons. The van der Waals surface area contributed by atoms with Gasteiger partial charge in [-0.25, -0.2) is 13.8 Å². The van der Waals surface area contributed by atoms with Crippen LogP contribution in [0.5, 0.6) is 0 Å². The van der Waals surface area contributed by atoms with Crippen molar-refractivity contribution in [1.82, 2.24) is 4.98 Å². The first-order valence-electron chi connectivity index (χ1n) is 8.87. The highest BCUT2D eigenvalue weighted by Crippen LogP contribution is 2.22. The van der Waals surface area contributed by atoms with Gasteiger partial charge in [-0.3, -0.25) is 9.59 Å². The second-order valence-electron chi connectivity index (χ2n) is 6.71. The SMILES string of the molecule is Cc1cc(C)c(NC(=O)c2cccc(C(=O)Nc3ccc(F)cc3F)n2)c(C)c1. The van der Waals surface area contributed by atoms with Gasteiger partial charge in [-0.05, 0) is 56.2 Å². The Balaban J connectivity index is 1.80. The van der Waals surface area contributed by atoms with Crippen LogP contribution in [0.15, 0.2) is 48.5 Å². The quantitative estimate of drug-likeness (QED) is 0.667. The summed E-state index contributed by atoms with van der Waals surface area (Å²) in [5.74, 6) is -2.84. The molecule has 0 atom stereocenters. The highest BCUT2D eigenvalue weighted by atomic mass is 19.1. The molecule has 148 valence electrons. The molecule has 0 aliphatic rings. The Morgan fingerprint density at radius 3 is 2.00 bits per heavy atom. The van der Waals surface area contributed by atoms with Crippen LogP contribution >= 0.6 is 0 Å². The summed E-state index contributed by atoms with van der Waals surface area (Å²) >= 11 is 0. The van der Waals surface area contributed by atoms with Crippen molar-refractivity contribution in [3.05, 3.63) is 88.2 Å². The minimum absolute atomic E-state index is 0.0385. The molecular weight excluding hydrogens is 376 g/mol. The number of halogens is 2. The Morgan fingerprint density at radius 2 is 1.41 bits per heavy atom. The van der Waals surface area contributed by atoms with Crippen LogP contribution in [-0.4, -0.2) is 16.8 Å². The molecule has 0 aliphatic heterocycles. The van der Waals surface area contributed by atoms with E-state index in [2.05, 4.69) is 15.6 Å². The number of nitrogens with zero attached hydrogens (tertiary/aromatic N) is 1. The molecule has 1 heterocycles. The van der Waals surface area contributed by atoms with Crippen LogP contribution in [0.4, 0.5) is 20.2 Å². The fourth-order valence-corrected chi connectivity index (χ4v) is 3.02. The van der Waals surface area contributed by atoms with E-state index in [4.69, 9.17) is 0 Å². The average Bonchev–Trinajstić information content (AvgIpc) is 2.66. The van der Waals surface area contributed by atoms with Crippen LogP contribution in [0.2, 0.25) is 0 Å². The second-order valence-corrected chi connectivity index (χ2v) is 6.71. The molecule has 0 fully saturated rings. The van der Waals surface area contributed by atoms with Gasteiger partial charge in [0.05, 0.1) is 5.69 Å². The number of hydrogen-bond donors (Lipinski definition) is 2. The maximum Gasteiger partial charge on any atom is 0.274 e. The minimum Gasteiger partial charge on any atom is -0.320 e. The van der Waals surface area contributed by atoms with Gasteiger partial charge in [0.25, 0.3) is 11.8 Å². The summed E-state index contributed by atoms with van der Waals surface area (Å²) in [6, 6.07) is 11.1. The third kappa shape index (κ3) is 4.63. The number of amides is 2. The molecule has 0 bridgehead atoms. The lowest BCUT2D eigenvalue weighted by atomic mass is 10.0. The molecule has 0 unspecified atom stereocenters. The third-order valence-corrected chi connectivity index (χ3v) is 4.31. The zero-order chi connectivity index (χ0) is 21.1. The van der Waals surface area contributed by atoms with Crippen molar-refractivity contribution in [1.29, 1.82) is 0 Å². The van der Waals surface area contributed by atoms with Crippen molar-refractivity contribution >= 4 is 23.2 Å². The number of anilines is 2. The Morgan fingerprint density at radius 1 is 0.828 bits per heavy atom. The van der Waals surface area contributed by atoms with E-state index in [9.17, 15) is 18.4 Å². The Kier molecular flexibility index (Phi) is 5.68. The molecule has 0 aliphatic carbocycles. The summed E-state index contributed by atoms with van der Waals surface area (Å²) in [5, 5.41) is 5.14. The number of benzene rings is 2. The summed E-state index contributed by atoms with van der Waals surface area (Å²) in [4.78, 5) is 29.1. The number of aryl methyl sites for hydroxylation is 3. The largest absolute Gasteiger partial charge is 0.320 e. The van der Waals surface area contributed by atoms with Crippen LogP contribution in [0.1, 0.15) is 37.7 Å². The lowest BCUT2D eigenvalue weighted by Gasteiger charge is -2.13. The maximum atomic E-state index is 13.7. The van der Waals surface area contributed by atoms with Crippen LogP contribution in [0, 0.1) is 32.4 Å². The lowest BCUT2D eigenvalue weighted by molar-refractivity contribution is 0.101. The summed E-state index contributed by atoms with van der Waals surface area (Å²) in [7, 11) is 0. The monoisotopic (exact) mass is 395 g/mol. The van der Waals surface area contributed by atoms with E-state index in [1.54, 1.807) is 0 Å². The molecule has 0 saturated carbocycles. The van der Waals surface area contributed by atoms with Crippen LogP contribution < -0.4 is 10.6 Å². The first kappa shape index (κ1) is 20.1. The molecule has 1 aromatic heterocycles. The number of carbonyl (C=O) groups is 2. The van der Waals surface area contributed by atoms with E-state index in [0.29, 0.717) is 11.8 Å². The molecule has 3 aromatic rings. The van der Waals surface area contributed by atoms with Crippen molar-refractivity contribution in [2.24, 2.45) is 0 Å². The maximum absolute atomic E-state index is 13.7. The summed E-state index contributed by atoms with van der Waals surface area (Å²) < 4.78 is 26.7. The fraction of sp³-hybridized carbons (Fsp3) is 0.136. The molecule has 29 heavy (non-hydrogen) atoms. The van der Waals surface area contributed by atoms with Gasteiger partial charge in [-0.1, -0.05) is 23.8 Å². The van der Waals surface area contributed by atoms with Gasteiger partial charge < -0.3 is 10.6 Å². The van der Waals surface area contributed by atoms with Gasteiger partial charge in [0.2, 0.25) is 0 Å². The minimum atomic E-state index is -0.905. The molecule has 3 rings (SSSR count). The molecule has 0 saturated heterocycles. The average molecular weight is 395 g/mol. The predicted molar refractivity (Wildman–Crippen MR) is 107 cm³/mol. The van der Waals surface area contributed by atoms with E-state index < -0.39 is 23.4 Å². The molecule has 2 N–H and O–H groups in total. The topological polar surface area (TPSA) is 71.1 Å². The van der Waals surface area contributed by atoms with Crippen LogP contribution in [0.3, 0.4) is 0 Å². The standard InChI is InChI=1S/C22H19F2N3O2/c1-12-9-13(2)20(14(3)10-12)27-22(29)19-6-4-5-18(25-19)21(28)26-17-8-7-15(23)11-16(17)24/h4-11H,1-3H3,(H,26,28)(H,27,29). The molecule has 0 spiro atoms.